The van der Waals surface area contributed by atoms with Crippen LogP contribution in [-0.2, 0) is 0 Å². The van der Waals surface area contributed by atoms with Crippen LogP contribution in [0.4, 0.5) is 0 Å². The maximum Gasteiger partial charge on any atom is 0.00671 e. The molecular formula is C25H22. The molecule has 4 rings (SSSR count). The van der Waals surface area contributed by atoms with Crippen molar-refractivity contribution in [2.24, 2.45) is 0 Å². The van der Waals surface area contributed by atoms with Gasteiger partial charge in [-0.15, -0.1) is 0 Å². The lowest BCUT2D eigenvalue weighted by Crippen LogP contribution is -1.97. The van der Waals surface area contributed by atoms with Gasteiger partial charge in [-0.2, -0.15) is 0 Å². The smallest absolute Gasteiger partial charge is 0.00671 e. The molecule has 0 aliphatic heterocycles. The third-order valence-electron chi connectivity index (χ3n) is 5.09. The van der Waals surface area contributed by atoms with Gasteiger partial charge in [0.05, 0.1) is 0 Å². The Kier molecular flexibility index (Phi) is 4.11. The van der Waals surface area contributed by atoms with E-state index in [9.17, 15) is 0 Å². The molecule has 25 heavy (non-hydrogen) atoms. The molecule has 0 spiro atoms. The molecule has 0 fully saturated rings. The Bertz CT molecular complexity index is 987. The maximum absolute atomic E-state index is 2.29. The van der Waals surface area contributed by atoms with E-state index in [0.717, 1.165) is 0 Å². The lowest BCUT2D eigenvalue weighted by Gasteiger charge is -2.16. The molecule has 0 heterocycles. The van der Waals surface area contributed by atoms with Crippen LogP contribution in [0.25, 0.3) is 21.9 Å². The first-order valence-electron chi connectivity index (χ1n) is 8.87. The van der Waals surface area contributed by atoms with Gasteiger partial charge in [0.25, 0.3) is 0 Å². The zero-order valence-corrected chi connectivity index (χ0v) is 14.7. The summed E-state index contributed by atoms with van der Waals surface area (Å²) >= 11 is 0. The minimum atomic E-state index is 0.373. The Hall–Kier alpha value is -2.86. The summed E-state index contributed by atoms with van der Waals surface area (Å²) in [6, 6.07) is 33.0. The van der Waals surface area contributed by atoms with E-state index in [4.69, 9.17) is 0 Å². The first kappa shape index (κ1) is 15.7. The van der Waals surface area contributed by atoms with Gasteiger partial charge < -0.3 is 0 Å². The summed E-state index contributed by atoms with van der Waals surface area (Å²) in [6.45, 7) is 4.42. The Morgan fingerprint density at radius 3 is 1.92 bits per heavy atom. The van der Waals surface area contributed by atoms with Gasteiger partial charge in [0.15, 0.2) is 0 Å². The van der Waals surface area contributed by atoms with Crippen LogP contribution < -0.4 is 0 Å². The molecule has 0 amide bonds. The Balaban J connectivity index is 1.68. The lowest BCUT2D eigenvalue weighted by molar-refractivity contribution is 0.933. The highest BCUT2D eigenvalue weighted by Gasteiger charge is 2.11. The number of fused-ring (bicyclic) bond motifs is 1. The first-order valence-corrected chi connectivity index (χ1v) is 8.87. The van der Waals surface area contributed by atoms with Gasteiger partial charge in [0, 0.05) is 5.92 Å². The topological polar surface area (TPSA) is 0 Å². The van der Waals surface area contributed by atoms with E-state index in [0.29, 0.717) is 5.92 Å². The second kappa shape index (κ2) is 6.57. The second-order valence-corrected chi connectivity index (χ2v) is 6.78. The molecule has 0 aliphatic carbocycles. The molecule has 0 saturated carbocycles. The van der Waals surface area contributed by atoms with Gasteiger partial charge in [-0.05, 0) is 39.9 Å². The van der Waals surface area contributed by atoms with Crippen molar-refractivity contribution in [1.29, 1.82) is 0 Å². The van der Waals surface area contributed by atoms with Gasteiger partial charge in [0.2, 0.25) is 0 Å². The summed E-state index contributed by atoms with van der Waals surface area (Å²) in [6.07, 6.45) is 0. The van der Waals surface area contributed by atoms with Crippen molar-refractivity contribution >= 4 is 10.8 Å². The minimum absolute atomic E-state index is 0.373. The average molecular weight is 322 g/mol. The monoisotopic (exact) mass is 322 g/mol. The fourth-order valence-corrected chi connectivity index (χ4v) is 3.52. The summed E-state index contributed by atoms with van der Waals surface area (Å²) < 4.78 is 0. The number of benzene rings is 4. The highest BCUT2D eigenvalue weighted by atomic mass is 14.2. The minimum Gasteiger partial charge on any atom is -0.0616 e. The van der Waals surface area contributed by atoms with Gasteiger partial charge >= 0.3 is 0 Å². The molecule has 0 aliphatic rings. The van der Waals surface area contributed by atoms with Crippen LogP contribution in [-0.4, -0.2) is 0 Å². The maximum atomic E-state index is 2.29. The SMILES string of the molecule is Cc1ccc(-c2ccc(C(C)c3cccc4ccccc34)cc2)cc1. The van der Waals surface area contributed by atoms with Crippen molar-refractivity contribution in [2.45, 2.75) is 19.8 Å². The third-order valence-corrected chi connectivity index (χ3v) is 5.09. The van der Waals surface area contributed by atoms with E-state index in [1.54, 1.807) is 0 Å². The van der Waals surface area contributed by atoms with Gasteiger partial charge in [-0.3, -0.25) is 0 Å². The summed E-state index contributed by atoms with van der Waals surface area (Å²) in [7, 11) is 0. The molecule has 0 nitrogen and oxygen atoms in total. The Labute approximate surface area is 149 Å². The second-order valence-electron chi connectivity index (χ2n) is 6.78. The van der Waals surface area contributed by atoms with Crippen LogP contribution in [0.5, 0.6) is 0 Å². The van der Waals surface area contributed by atoms with Gasteiger partial charge in [-0.25, -0.2) is 0 Å². The fraction of sp³-hybridized carbons (Fsp3) is 0.120. The standard InChI is InChI=1S/C25H22/c1-18-10-12-21(13-11-18)22-16-14-20(15-17-22)19(2)24-9-5-7-23-6-3-4-8-25(23)24/h3-17,19H,1-2H3. The van der Waals surface area contributed by atoms with E-state index in [2.05, 4.69) is 105 Å². The molecule has 4 aromatic rings. The van der Waals surface area contributed by atoms with E-state index < -0.39 is 0 Å². The van der Waals surface area contributed by atoms with Gasteiger partial charge in [0.1, 0.15) is 0 Å². The molecule has 122 valence electrons. The molecule has 4 aromatic carbocycles. The molecule has 0 N–H and O–H groups in total. The molecule has 0 radical (unpaired) electrons. The van der Waals surface area contributed by atoms with Crippen LogP contribution in [0.2, 0.25) is 0 Å². The van der Waals surface area contributed by atoms with E-state index >= 15 is 0 Å². The highest BCUT2D eigenvalue weighted by molar-refractivity contribution is 5.86. The Morgan fingerprint density at radius 1 is 0.600 bits per heavy atom. The molecule has 0 saturated heterocycles. The van der Waals surface area contributed by atoms with Crippen molar-refractivity contribution < 1.29 is 0 Å². The molecule has 1 unspecified atom stereocenters. The van der Waals surface area contributed by atoms with E-state index in [-0.39, 0.29) is 0 Å². The normalized spacial score (nSPS) is 12.2. The predicted molar refractivity (Wildman–Crippen MR) is 108 cm³/mol. The van der Waals surface area contributed by atoms with Crippen LogP contribution in [0, 0.1) is 6.92 Å². The number of hydrogen-bond acceptors (Lipinski definition) is 0. The van der Waals surface area contributed by atoms with Crippen molar-refractivity contribution in [3.05, 3.63) is 108 Å². The summed E-state index contributed by atoms with van der Waals surface area (Å²) in [4.78, 5) is 0. The zero-order valence-electron chi connectivity index (χ0n) is 14.7. The average Bonchev–Trinajstić information content (AvgIpc) is 2.68. The van der Waals surface area contributed by atoms with E-state index in [1.165, 1.54) is 38.6 Å². The van der Waals surface area contributed by atoms with Crippen molar-refractivity contribution in [1.82, 2.24) is 0 Å². The van der Waals surface area contributed by atoms with Crippen molar-refractivity contribution in [3.8, 4) is 11.1 Å². The van der Waals surface area contributed by atoms with Crippen molar-refractivity contribution in [3.63, 3.8) is 0 Å². The van der Waals surface area contributed by atoms with Crippen molar-refractivity contribution in [2.75, 3.05) is 0 Å². The quantitative estimate of drug-likeness (QED) is 0.382. The number of aryl methyl sites for hydroxylation is 1. The molecule has 0 bridgehead atoms. The summed E-state index contributed by atoms with van der Waals surface area (Å²) in [5.41, 5.74) is 6.59. The van der Waals surface area contributed by atoms with Crippen LogP contribution in [0.15, 0.2) is 91.0 Å². The van der Waals surface area contributed by atoms with Crippen LogP contribution in [0.1, 0.15) is 29.5 Å². The lowest BCUT2D eigenvalue weighted by atomic mass is 9.88. The molecule has 0 aromatic heterocycles. The Morgan fingerprint density at radius 2 is 1.20 bits per heavy atom. The fourth-order valence-electron chi connectivity index (χ4n) is 3.52. The third kappa shape index (κ3) is 3.08. The highest BCUT2D eigenvalue weighted by Crippen LogP contribution is 2.31. The van der Waals surface area contributed by atoms with Crippen LogP contribution >= 0.6 is 0 Å². The first-order chi connectivity index (χ1) is 12.2. The largest absolute Gasteiger partial charge is 0.0616 e. The number of rotatable bonds is 3. The molecular weight excluding hydrogens is 300 g/mol. The predicted octanol–water partition coefficient (Wildman–Crippen LogP) is 6.97. The van der Waals surface area contributed by atoms with E-state index in [1.807, 2.05) is 0 Å². The summed E-state index contributed by atoms with van der Waals surface area (Å²) in [5, 5.41) is 2.66. The van der Waals surface area contributed by atoms with Crippen LogP contribution in [0.3, 0.4) is 0 Å². The zero-order chi connectivity index (χ0) is 17.2. The number of hydrogen-bond donors (Lipinski definition) is 0. The molecule has 0 heteroatoms. The summed E-state index contributed by atoms with van der Waals surface area (Å²) in [5.74, 6) is 0.373. The molecule has 1 atom stereocenters. The van der Waals surface area contributed by atoms with Gasteiger partial charge in [-0.1, -0.05) is 103 Å².